The summed E-state index contributed by atoms with van der Waals surface area (Å²) in [5.41, 5.74) is 1.01. The highest BCUT2D eigenvalue weighted by molar-refractivity contribution is 6.75. The molecule has 3 aliphatic heterocycles. The second-order valence-electron chi connectivity index (χ2n) is 24.8. The van der Waals surface area contributed by atoms with Gasteiger partial charge in [0.1, 0.15) is 18.1 Å². The molecule has 3 fully saturated rings. The van der Waals surface area contributed by atoms with E-state index in [1.54, 1.807) is 21.3 Å². The fraction of sp³-hybridized carbons (Fsp3) is 0.883. The van der Waals surface area contributed by atoms with Gasteiger partial charge in [0.2, 0.25) is 0 Å². The molecule has 4 rings (SSSR count). The number of hydrogen-bond donors (Lipinski definition) is 0. The molecule has 3 saturated heterocycles. The maximum Gasteiger partial charge on any atom is 0.192 e. The number of aldehydes is 1. The Bertz CT molecular complexity index is 1820. The maximum atomic E-state index is 12.1. The van der Waals surface area contributed by atoms with Gasteiger partial charge >= 0.3 is 0 Å². The lowest BCUT2D eigenvalue weighted by atomic mass is 9.82. The predicted octanol–water partition coefficient (Wildman–Crippen LogP) is 15.6. The third-order valence-electron chi connectivity index (χ3n) is 19.8. The first kappa shape index (κ1) is 68.9. The summed E-state index contributed by atoms with van der Waals surface area (Å²) in [6.07, 6.45) is 3.95. The Kier molecular flexibility index (Phi) is 27.6. The van der Waals surface area contributed by atoms with Gasteiger partial charge in [-0.2, -0.15) is 0 Å². The van der Waals surface area contributed by atoms with Crippen LogP contribution < -0.4 is 4.74 Å². The number of carbonyl (C=O) groups is 1. The molecule has 3 heterocycles. The van der Waals surface area contributed by atoms with Crippen molar-refractivity contribution in [1.82, 2.24) is 0 Å². The topological polar surface area (TPSA) is 119 Å². The highest BCUT2D eigenvalue weighted by atomic mass is 35.5. The second kappa shape index (κ2) is 30.8. The van der Waals surface area contributed by atoms with Gasteiger partial charge in [-0.05, 0) is 128 Å². The van der Waals surface area contributed by atoms with Crippen LogP contribution in [0.4, 0.5) is 0 Å². The van der Waals surface area contributed by atoms with E-state index in [0.717, 1.165) is 91.3 Å². The second-order valence-corrected chi connectivity index (χ2v) is 44.3. The summed E-state index contributed by atoms with van der Waals surface area (Å²) in [6, 6.07) is 17.0. The van der Waals surface area contributed by atoms with Crippen molar-refractivity contribution in [1.29, 1.82) is 0 Å². The molecule has 2 spiro atoms. The van der Waals surface area contributed by atoms with Crippen LogP contribution in [0.2, 0.25) is 72.5 Å². The number of rotatable bonds is 35. The van der Waals surface area contributed by atoms with Crippen molar-refractivity contribution in [2.24, 2.45) is 11.8 Å². The molecule has 448 valence electrons. The SMILES string of the molecule is CC[Si](CC)(CC)O[C@H]([C@@H](OCc1ccc(OC)cc1)[C@H](CCC=O)OC)[C@@H](O[Si](CC)(CC)CC)[C@@H](C)CC[C@H]1O[C@@]2(CC[C@H](C)[C@@]3(C[C@H](O[Si](CC)(CC)CC)[C@H](CCO[Si](C)(C)C(C)(C)C)O3)O2)C[C@@H](OC)[C@@H]1Cl. The van der Waals surface area contributed by atoms with E-state index in [2.05, 4.69) is 110 Å². The van der Waals surface area contributed by atoms with Crippen LogP contribution >= 0.6 is 11.6 Å². The van der Waals surface area contributed by atoms with Crippen LogP contribution in [0.5, 0.6) is 5.75 Å². The summed E-state index contributed by atoms with van der Waals surface area (Å²) in [5, 5.41) is -0.303. The summed E-state index contributed by atoms with van der Waals surface area (Å²) in [5.74, 6) is -0.976. The Balaban J connectivity index is 1.77. The van der Waals surface area contributed by atoms with Gasteiger partial charge in [0, 0.05) is 52.4 Å². The number of alkyl halides is 1. The van der Waals surface area contributed by atoms with Gasteiger partial charge < -0.3 is 55.7 Å². The van der Waals surface area contributed by atoms with E-state index in [9.17, 15) is 4.79 Å². The number of methoxy groups -OCH3 is 3. The predicted molar refractivity (Wildman–Crippen MR) is 324 cm³/mol. The molecular formula is C60H113ClO12Si4. The van der Waals surface area contributed by atoms with Crippen molar-refractivity contribution in [2.75, 3.05) is 27.9 Å². The molecule has 0 N–H and O–H groups in total. The highest BCUT2D eigenvalue weighted by Crippen LogP contribution is 2.54. The van der Waals surface area contributed by atoms with Crippen molar-refractivity contribution in [2.45, 2.75) is 300 Å². The van der Waals surface area contributed by atoms with Gasteiger partial charge in [0.25, 0.3) is 0 Å². The molecule has 0 bridgehead atoms. The molecule has 1 aromatic rings. The summed E-state index contributed by atoms with van der Waals surface area (Å²) in [7, 11) is -3.48. The van der Waals surface area contributed by atoms with Gasteiger partial charge in [0.15, 0.2) is 44.8 Å². The number of halogens is 1. The van der Waals surface area contributed by atoms with E-state index < -0.39 is 68.5 Å². The van der Waals surface area contributed by atoms with Crippen molar-refractivity contribution in [3.05, 3.63) is 29.8 Å². The zero-order chi connectivity index (χ0) is 57.5. The monoisotopic (exact) mass is 1170 g/mol. The minimum absolute atomic E-state index is 0.0139. The summed E-state index contributed by atoms with van der Waals surface area (Å²) in [4.78, 5) is 12.1. The number of ether oxygens (including phenoxy) is 7. The van der Waals surface area contributed by atoms with Crippen LogP contribution in [0.3, 0.4) is 0 Å². The lowest BCUT2D eigenvalue weighted by molar-refractivity contribution is -0.414. The Labute approximate surface area is 479 Å². The fourth-order valence-corrected chi connectivity index (χ4v) is 22.4. The highest BCUT2D eigenvalue weighted by Gasteiger charge is 2.62. The molecule has 3 aliphatic rings. The Hall–Kier alpha value is -0.552. The zero-order valence-corrected chi connectivity index (χ0v) is 56.9. The third kappa shape index (κ3) is 17.3. The molecule has 1 aromatic carbocycles. The minimum atomic E-state index is -2.34. The summed E-state index contributed by atoms with van der Waals surface area (Å²) < 4.78 is 77.6. The van der Waals surface area contributed by atoms with E-state index in [4.69, 9.17) is 62.5 Å². The lowest BCUT2D eigenvalue weighted by Gasteiger charge is -2.54. The van der Waals surface area contributed by atoms with Gasteiger partial charge in [0.05, 0.1) is 61.8 Å². The third-order valence-corrected chi connectivity index (χ3v) is 38.9. The molecule has 0 aliphatic carbocycles. The molecular weight excluding hydrogens is 1060 g/mol. The molecule has 17 heteroatoms. The standard InChI is InChI=1S/C60H113ClO12Si4/c1-20-75(21-2,22-3)70-52-43-60(69-49(52)38-41-67-74(18,19)58(12,13)14)46(11)37-39-59(73-60)42-53(65-17)54(61)50(68-59)36-31-45(10)55(71-76(23-4,24-5)25-6)57(72-77(26-7,27-8)28-9)56(51(64-16)30-29-40-62)66-44-47-32-34-48(63-15)35-33-47/h32-35,40,45-46,49-57H,20-31,36-39,41-44H2,1-19H3/t45-,46-,49-,50+,51-,52-,53+,54+,55-,56-,57-,59+,60+/m0/s1. The molecule has 0 amide bonds. The maximum absolute atomic E-state index is 12.1. The normalized spacial score (nSPS) is 27.7. The van der Waals surface area contributed by atoms with Gasteiger partial charge in [-0.15, -0.1) is 11.6 Å². The Morgan fingerprint density at radius 1 is 0.740 bits per heavy atom. The molecule has 77 heavy (non-hydrogen) atoms. The average molecular weight is 1170 g/mol. The first-order valence-electron chi connectivity index (χ1n) is 30.6. The van der Waals surface area contributed by atoms with Crippen LogP contribution in [-0.2, 0) is 57.5 Å². The number of carbonyl (C=O) groups excluding carboxylic acids is 1. The van der Waals surface area contributed by atoms with E-state index in [0.29, 0.717) is 51.7 Å². The van der Waals surface area contributed by atoms with E-state index in [1.165, 1.54) is 0 Å². The van der Waals surface area contributed by atoms with Gasteiger partial charge in [-0.25, -0.2) is 0 Å². The zero-order valence-electron chi connectivity index (χ0n) is 52.2. The van der Waals surface area contributed by atoms with E-state index in [-0.39, 0.29) is 47.4 Å². The smallest absolute Gasteiger partial charge is 0.192 e. The molecule has 0 unspecified atom stereocenters. The van der Waals surface area contributed by atoms with Crippen LogP contribution in [-0.4, -0.2) is 133 Å². The number of hydrogen-bond acceptors (Lipinski definition) is 12. The average Bonchev–Trinajstić information content (AvgIpc) is 3.77. The summed E-state index contributed by atoms with van der Waals surface area (Å²) >= 11 is 7.57. The van der Waals surface area contributed by atoms with Crippen LogP contribution in [0, 0.1) is 11.8 Å². The van der Waals surface area contributed by atoms with Crippen LogP contribution in [0.25, 0.3) is 0 Å². The molecule has 13 atom stereocenters. The van der Waals surface area contributed by atoms with Gasteiger partial charge in [-0.1, -0.05) is 109 Å². The van der Waals surface area contributed by atoms with Crippen molar-refractivity contribution >= 4 is 51.2 Å². The van der Waals surface area contributed by atoms with Crippen LogP contribution in [0.1, 0.15) is 160 Å². The lowest BCUT2D eigenvalue weighted by Crippen LogP contribution is -2.61. The first-order chi connectivity index (χ1) is 36.4. The van der Waals surface area contributed by atoms with Crippen molar-refractivity contribution in [3.63, 3.8) is 0 Å². The Morgan fingerprint density at radius 3 is 1.82 bits per heavy atom. The van der Waals surface area contributed by atoms with Crippen LogP contribution in [0.15, 0.2) is 24.3 Å². The fourth-order valence-electron chi connectivity index (χ4n) is 12.3. The first-order valence-corrected chi connectivity index (χ1v) is 41.5. The van der Waals surface area contributed by atoms with Crippen molar-refractivity contribution < 1.29 is 55.7 Å². The summed E-state index contributed by atoms with van der Waals surface area (Å²) in [6.45, 7) is 37.7. The molecule has 0 saturated carbocycles. The minimum Gasteiger partial charge on any atom is -0.497 e. The quantitative estimate of drug-likeness (QED) is 0.0366. The Morgan fingerprint density at radius 2 is 1.31 bits per heavy atom. The van der Waals surface area contributed by atoms with E-state index >= 15 is 0 Å². The van der Waals surface area contributed by atoms with E-state index in [1.807, 2.05) is 24.3 Å². The van der Waals surface area contributed by atoms with Gasteiger partial charge in [-0.3, -0.25) is 0 Å². The molecule has 12 nitrogen and oxygen atoms in total. The largest absolute Gasteiger partial charge is 0.497 e. The number of benzene rings is 1. The van der Waals surface area contributed by atoms with Crippen molar-refractivity contribution in [3.8, 4) is 5.75 Å². The molecule has 0 aromatic heterocycles. The molecule has 0 radical (unpaired) electrons.